The van der Waals surface area contributed by atoms with Gasteiger partial charge in [-0.1, -0.05) is 0 Å². The number of aryl methyl sites for hydroxylation is 1. The van der Waals surface area contributed by atoms with E-state index in [0.717, 1.165) is 0 Å². The van der Waals surface area contributed by atoms with Crippen LogP contribution in [0.5, 0.6) is 11.5 Å². The Bertz CT molecular complexity index is 970. The van der Waals surface area contributed by atoms with Crippen molar-refractivity contribution in [1.82, 2.24) is 4.72 Å². The third-order valence-electron chi connectivity index (χ3n) is 4.24. The van der Waals surface area contributed by atoms with E-state index in [9.17, 15) is 13.2 Å². The Balaban J connectivity index is 1.91. The van der Waals surface area contributed by atoms with Gasteiger partial charge in [0, 0.05) is 17.3 Å². The fourth-order valence-corrected chi connectivity index (χ4v) is 3.74. The Morgan fingerprint density at radius 2 is 1.73 bits per heavy atom. The van der Waals surface area contributed by atoms with Gasteiger partial charge in [0.05, 0.1) is 4.90 Å². The molecule has 0 atom stereocenters. The summed E-state index contributed by atoms with van der Waals surface area (Å²) < 4.78 is 37.6. The number of benzene rings is 2. The molecule has 3 rings (SSSR count). The second-order valence-electron chi connectivity index (χ2n) is 5.94. The van der Waals surface area contributed by atoms with Crippen LogP contribution < -0.4 is 19.5 Å². The molecule has 2 aromatic rings. The molecule has 1 aliphatic rings. The van der Waals surface area contributed by atoms with Crippen LogP contribution in [0, 0.1) is 13.8 Å². The molecule has 1 heterocycles. The van der Waals surface area contributed by atoms with Gasteiger partial charge in [0.1, 0.15) is 13.2 Å². The largest absolute Gasteiger partial charge is 0.486 e. The molecule has 0 spiro atoms. The molecule has 0 bridgehead atoms. The molecule has 0 aliphatic carbocycles. The number of carbonyl (C=O) groups is 1. The van der Waals surface area contributed by atoms with Gasteiger partial charge in [-0.15, -0.1) is 0 Å². The minimum Gasteiger partial charge on any atom is -0.486 e. The Morgan fingerprint density at radius 1 is 1.04 bits per heavy atom. The summed E-state index contributed by atoms with van der Waals surface area (Å²) in [7, 11) is -2.32. The minimum absolute atomic E-state index is 0.0901. The van der Waals surface area contributed by atoms with Crippen LogP contribution in [0.4, 0.5) is 5.69 Å². The molecule has 8 heteroatoms. The van der Waals surface area contributed by atoms with Crippen LogP contribution in [-0.2, 0) is 10.0 Å². The average Bonchev–Trinajstić information content (AvgIpc) is 2.63. The highest BCUT2D eigenvalue weighted by atomic mass is 32.2. The van der Waals surface area contributed by atoms with Crippen molar-refractivity contribution < 1.29 is 22.7 Å². The number of amides is 1. The summed E-state index contributed by atoms with van der Waals surface area (Å²) in [6.45, 7) is 4.42. The molecule has 0 saturated heterocycles. The number of hydrogen-bond donors (Lipinski definition) is 2. The maximum atomic E-state index is 12.6. The molecule has 2 aromatic carbocycles. The summed E-state index contributed by atoms with van der Waals surface area (Å²) in [4.78, 5) is 12.7. The van der Waals surface area contributed by atoms with Gasteiger partial charge in [-0.25, -0.2) is 13.1 Å². The summed E-state index contributed by atoms with van der Waals surface area (Å²) in [5.41, 5.74) is 2.12. The minimum atomic E-state index is -3.66. The lowest BCUT2D eigenvalue weighted by atomic mass is 10.1. The van der Waals surface area contributed by atoms with E-state index in [1.807, 2.05) is 0 Å². The second-order valence-corrected chi connectivity index (χ2v) is 7.79. The molecule has 7 nitrogen and oxygen atoms in total. The molecule has 0 saturated carbocycles. The Labute approximate surface area is 152 Å². The monoisotopic (exact) mass is 376 g/mol. The summed E-state index contributed by atoms with van der Waals surface area (Å²) in [5, 5.41) is 2.76. The van der Waals surface area contributed by atoms with Gasteiger partial charge in [-0.05, 0) is 56.3 Å². The van der Waals surface area contributed by atoms with Crippen molar-refractivity contribution in [3.63, 3.8) is 0 Å². The Kier molecular flexibility index (Phi) is 4.88. The predicted octanol–water partition coefficient (Wildman–Crippen LogP) is 2.24. The normalized spacial score (nSPS) is 13.3. The van der Waals surface area contributed by atoms with E-state index >= 15 is 0 Å². The highest BCUT2D eigenvalue weighted by Gasteiger charge is 2.20. The van der Waals surface area contributed by atoms with E-state index in [2.05, 4.69) is 10.0 Å². The lowest BCUT2D eigenvalue weighted by molar-refractivity contribution is 0.102. The van der Waals surface area contributed by atoms with Crippen molar-refractivity contribution in [2.24, 2.45) is 0 Å². The second kappa shape index (κ2) is 6.97. The van der Waals surface area contributed by atoms with Crippen molar-refractivity contribution >= 4 is 21.6 Å². The number of carbonyl (C=O) groups excluding carboxylic acids is 1. The van der Waals surface area contributed by atoms with Gasteiger partial charge in [0.15, 0.2) is 11.5 Å². The maximum Gasteiger partial charge on any atom is 0.255 e. The van der Waals surface area contributed by atoms with Crippen LogP contribution in [0.15, 0.2) is 35.2 Å². The van der Waals surface area contributed by atoms with Crippen LogP contribution in [-0.4, -0.2) is 34.6 Å². The molecule has 138 valence electrons. The van der Waals surface area contributed by atoms with E-state index in [1.54, 1.807) is 38.1 Å². The molecule has 0 radical (unpaired) electrons. The first-order valence-electron chi connectivity index (χ1n) is 8.07. The van der Waals surface area contributed by atoms with Gasteiger partial charge in [0.2, 0.25) is 10.0 Å². The standard InChI is InChI=1S/C18H20N2O5S/c1-11-8-13(9-17(12(11)2)26(22,23)19-3)18(21)20-14-4-5-15-16(10-14)25-7-6-24-15/h4-5,8-10,19H,6-7H2,1-3H3,(H,20,21). The number of fused-ring (bicyclic) bond motifs is 1. The average molecular weight is 376 g/mol. The number of ether oxygens (including phenoxy) is 2. The summed E-state index contributed by atoms with van der Waals surface area (Å²) in [5.74, 6) is 0.785. The van der Waals surface area contributed by atoms with Crippen LogP contribution in [0.3, 0.4) is 0 Å². The number of anilines is 1. The smallest absolute Gasteiger partial charge is 0.255 e. The summed E-state index contributed by atoms with van der Waals surface area (Å²) in [6.07, 6.45) is 0. The molecule has 1 amide bonds. The van der Waals surface area contributed by atoms with E-state index < -0.39 is 15.9 Å². The third-order valence-corrected chi connectivity index (χ3v) is 5.78. The summed E-state index contributed by atoms with van der Waals surface area (Å²) in [6, 6.07) is 8.15. The van der Waals surface area contributed by atoms with Gasteiger partial charge >= 0.3 is 0 Å². The highest BCUT2D eigenvalue weighted by molar-refractivity contribution is 7.89. The fourth-order valence-electron chi connectivity index (χ4n) is 2.67. The lowest BCUT2D eigenvalue weighted by Crippen LogP contribution is -2.21. The molecule has 0 aromatic heterocycles. The number of nitrogens with one attached hydrogen (secondary N) is 2. The first-order chi connectivity index (χ1) is 12.3. The molecule has 2 N–H and O–H groups in total. The van der Waals surface area contributed by atoms with Crippen molar-refractivity contribution in [2.45, 2.75) is 18.7 Å². The SMILES string of the molecule is CNS(=O)(=O)c1cc(C(=O)Nc2ccc3c(c2)OCCO3)cc(C)c1C. The van der Waals surface area contributed by atoms with Gasteiger partial charge in [0.25, 0.3) is 5.91 Å². The molecule has 0 unspecified atom stereocenters. The zero-order chi connectivity index (χ0) is 18.9. The maximum absolute atomic E-state index is 12.6. The molecule has 26 heavy (non-hydrogen) atoms. The Morgan fingerprint density at radius 3 is 2.42 bits per heavy atom. The third kappa shape index (κ3) is 3.51. The van der Waals surface area contributed by atoms with E-state index in [0.29, 0.717) is 41.5 Å². The molecular formula is C18H20N2O5S. The number of hydrogen-bond acceptors (Lipinski definition) is 5. The van der Waals surface area contributed by atoms with E-state index in [-0.39, 0.29) is 10.5 Å². The van der Waals surface area contributed by atoms with Crippen LogP contribution >= 0.6 is 0 Å². The van der Waals surface area contributed by atoms with Crippen molar-refractivity contribution in [1.29, 1.82) is 0 Å². The van der Waals surface area contributed by atoms with E-state index in [4.69, 9.17) is 9.47 Å². The van der Waals surface area contributed by atoms with Crippen LogP contribution in [0.2, 0.25) is 0 Å². The zero-order valence-electron chi connectivity index (χ0n) is 14.8. The van der Waals surface area contributed by atoms with Gasteiger partial charge in [-0.2, -0.15) is 0 Å². The topological polar surface area (TPSA) is 93.7 Å². The fraction of sp³-hybridized carbons (Fsp3) is 0.278. The molecule has 1 aliphatic heterocycles. The molecular weight excluding hydrogens is 356 g/mol. The van der Waals surface area contributed by atoms with Gasteiger partial charge < -0.3 is 14.8 Å². The van der Waals surface area contributed by atoms with Crippen molar-refractivity contribution in [3.05, 3.63) is 47.0 Å². The van der Waals surface area contributed by atoms with Gasteiger partial charge in [-0.3, -0.25) is 4.79 Å². The quantitative estimate of drug-likeness (QED) is 0.853. The van der Waals surface area contributed by atoms with Crippen molar-refractivity contribution in [2.75, 3.05) is 25.6 Å². The first-order valence-corrected chi connectivity index (χ1v) is 9.56. The summed E-state index contributed by atoms with van der Waals surface area (Å²) >= 11 is 0. The lowest BCUT2D eigenvalue weighted by Gasteiger charge is -2.19. The number of rotatable bonds is 4. The van der Waals surface area contributed by atoms with E-state index in [1.165, 1.54) is 13.1 Å². The van der Waals surface area contributed by atoms with Crippen LogP contribution in [0.25, 0.3) is 0 Å². The van der Waals surface area contributed by atoms with Crippen LogP contribution in [0.1, 0.15) is 21.5 Å². The highest BCUT2D eigenvalue weighted by Crippen LogP contribution is 2.32. The Hall–Kier alpha value is -2.58. The first kappa shape index (κ1) is 18.2. The predicted molar refractivity (Wildman–Crippen MR) is 97.5 cm³/mol. The number of sulfonamides is 1. The molecule has 0 fully saturated rings. The van der Waals surface area contributed by atoms with Crippen molar-refractivity contribution in [3.8, 4) is 11.5 Å². The zero-order valence-corrected chi connectivity index (χ0v) is 15.6.